The molecule has 2 aromatic carbocycles. The molecule has 8 heteroatoms. The van der Waals surface area contributed by atoms with E-state index in [-0.39, 0.29) is 0 Å². The molecule has 6 nitrogen and oxygen atoms in total. The molecule has 1 N–H and O–H groups in total. The van der Waals surface area contributed by atoms with Gasteiger partial charge in [0.25, 0.3) is 0 Å². The molecular weight excluding hydrogens is 468 g/mol. The maximum Gasteiger partial charge on any atom is 0.174 e. The molecule has 0 saturated carbocycles. The number of nitrogens with zero attached hydrogens (tertiary/aromatic N) is 1. The zero-order valence-electron chi connectivity index (χ0n) is 17.0. The molecule has 0 saturated heterocycles. The van der Waals surface area contributed by atoms with Crippen LogP contribution in [0.3, 0.4) is 0 Å². The summed E-state index contributed by atoms with van der Waals surface area (Å²) in [6.45, 7) is 0.972. The third kappa shape index (κ3) is 5.46. The predicted molar refractivity (Wildman–Crippen MR) is 124 cm³/mol. The van der Waals surface area contributed by atoms with E-state index in [2.05, 4.69) is 21.2 Å². The number of anilines is 1. The Morgan fingerprint density at radius 2 is 1.63 bits per heavy atom. The SMILES string of the molecule is COc1cc(OC)c(OC)cc1CN(Cc1ccco1)C(=S)Nc1ccc(Br)cc1. The second kappa shape index (κ2) is 10.4. The summed E-state index contributed by atoms with van der Waals surface area (Å²) in [5.41, 5.74) is 1.80. The van der Waals surface area contributed by atoms with E-state index in [1.165, 1.54) is 0 Å². The summed E-state index contributed by atoms with van der Waals surface area (Å²) in [4.78, 5) is 2.00. The number of halogens is 1. The van der Waals surface area contributed by atoms with Gasteiger partial charge in [0.2, 0.25) is 0 Å². The van der Waals surface area contributed by atoms with Crippen LogP contribution in [0.25, 0.3) is 0 Å². The van der Waals surface area contributed by atoms with Crippen molar-refractivity contribution in [3.63, 3.8) is 0 Å². The highest BCUT2D eigenvalue weighted by Gasteiger charge is 2.18. The van der Waals surface area contributed by atoms with Crippen LogP contribution in [-0.2, 0) is 13.1 Å². The summed E-state index contributed by atoms with van der Waals surface area (Å²) in [5.74, 6) is 2.71. The molecule has 0 spiro atoms. The van der Waals surface area contributed by atoms with Crippen molar-refractivity contribution in [2.45, 2.75) is 13.1 Å². The van der Waals surface area contributed by atoms with Gasteiger partial charge in [0.1, 0.15) is 11.5 Å². The summed E-state index contributed by atoms with van der Waals surface area (Å²) < 4.78 is 23.0. The smallest absolute Gasteiger partial charge is 0.174 e. The number of rotatable bonds is 8. The Labute approximate surface area is 189 Å². The molecule has 3 aromatic rings. The van der Waals surface area contributed by atoms with Crippen molar-refractivity contribution in [1.29, 1.82) is 0 Å². The van der Waals surface area contributed by atoms with E-state index < -0.39 is 0 Å². The van der Waals surface area contributed by atoms with Crippen LogP contribution >= 0.6 is 28.1 Å². The van der Waals surface area contributed by atoms with Crippen LogP contribution in [0.1, 0.15) is 11.3 Å². The highest BCUT2D eigenvalue weighted by atomic mass is 79.9. The predicted octanol–water partition coefficient (Wildman–Crippen LogP) is 5.47. The Kier molecular flexibility index (Phi) is 7.59. The number of methoxy groups -OCH3 is 3. The van der Waals surface area contributed by atoms with Crippen LogP contribution in [0.15, 0.2) is 63.7 Å². The minimum Gasteiger partial charge on any atom is -0.496 e. The van der Waals surface area contributed by atoms with Crippen LogP contribution in [-0.4, -0.2) is 31.3 Å². The molecule has 0 fully saturated rings. The fraction of sp³-hybridized carbons (Fsp3) is 0.227. The van der Waals surface area contributed by atoms with Gasteiger partial charge in [0, 0.05) is 28.3 Å². The number of thiocarbonyl (C=S) groups is 1. The van der Waals surface area contributed by atoms with E-state index in [1.54, 1.807) is 27.6 Å². The second-order valence-electron chi connectivity index (χ2n) is 6.39. The molecule has 0 radical (unpaired) electrons. The first-order chi connectivity index (χ1) is 14.5. The van der Waals surface area contributed by atoms with E-state index in [1.807, 2.05) is 53.4 Å². The van der Waals surface area contributed by atoms with E-state index in [9.17, 15) is 0 Å². The van der Waals surface area contributed by atoms with Crippen molar-refractivity contribution in [1.82, 2.24) is 4.90 Å². The van der Waals surface area contributed by atoms with E-state index in [0.29, 0.717) is 35.5 Å². The van der Waals surface area contributed by atoms with Gasteiger partial charge < -0.3 is 28.8 Å². The number of hydrogen-bond acceptors (Lipinski definition) is 5. The van der Waals surface area contributed by atoms with Gasteiger partial charge in [-0.05, 0) is 54.7 Å². The number of hydrogen-bond donors (Lipinski definition) is 1. The van der Waals surface area contributed by atoms with Crippen LogP contribution in [0.2, 0.25) is 0 Å². The first-order valence-corrected chi connectivity index (χ1v) is 10.4. The van der Waals surface area contributed by atoms with Crippen LogP contribution in [0.4, 0.5) is 5.69 Å². The lowest BCUT2D eigenvalue weighted by Gasteiger charge is -2.26. The summed E-state index contributed by atoms with van der Waals surface area (Å²) in [6, 6.07) is 15.3. The number of nitrogens with one attached hydrogen (secondary N) is 1. The first-order valence-electron chi connectivity index (χ1n) is 9.16. The standard InChI is InChI=1S/C22H23BrN2O4S/c1-26-19-12-21(28-3)20(27-2)11-15(19)13-25(14-18-5-4-10-29-18)22(30)24-17-8-6-16(23)7-9-17/h4-12H,13-14H2,1-3H3,(H,24,30). The Morgan fingerprint density at radius 3 is 2.23 bits per heavy atom. The summed E-state index contributed by atoms with van der Waals surface area (Å²) >= 11 is 9.16. The minimum absolute atomic E-state index is 0.479. The van der Waals surface area contributed by atoms with E-state index >= 15 is 0 Å². The Bertz CT molecular complexity index is 978. The maximum absolute atomic E-state index is 5.72. The van der Waals surface area contributed by atoms with Crippen LogP contribution < -0.4 is 19.5 Å². The Hall–Kier alpha value is -2.71. The average molecular weight is 491 g/mol. The van der Waals surface area contributed by atoms with Crippen molar-refractivity contribution in [2.24, 2.45) is 0 Å². The molecule has 0 atom stereocenters. The van der Waals surface area contributed by atoms with Gasteiger partial charge in [-0.3, -0.25) is 0 Å². The summed E-state index contributed by atoms with van der Waals surface area (Å²) in [7, 11) is 4.83. The van der Waals surface area contributed by atoms with Crippen LogP contribution in [0, 0.1) is 0 Å². The average Bonchev–Trinajstić information content (AvgIpc) is 3.27. The molecule has 0 aliphatic carbocycles. The molecule has 0 bridgehead atoms. The zero-order chi connectivity index (χ0) is 21.5. The molecular formula is C22H23BrN2O4S. The van der Waals surface area contributed by atoms with Crippen molar-refractivity contribution >= 4 is 38.9 Å². The van der Waals surface area contributed by atoms with Crippen LogP contribution in [0.5, 0.6) is 17.2 Å². The molecule has 0 unspecified atom stereocenters. The fourth-order valence-corrected chi connectivity index (χ4v) is 3.46. The molecule has 3 rings (SSSR count). The van der Waals surface area contributed by atoms with E-state index in [0.717, 1.165) is 21.5 Å². The number of ether oxygens (including phenoxy) is 3. The lowest BCUT2D eigenvalue weighted by atomic mass is 10.1. The molecule has 30 heavy (non-hydrogen) atoms. The lowest BCUT2D eigenvalue weighted by molar-refractivity contribution is 0.334. The maximum atomic E-state index is 5.72. The highest BCUT2D eigenvalue weighted by molar-refractivity contribution is 9.10. The van der Waals surface area contributed by atoms with Gasteiger partial charge in [-0.25, -0.2) is 0 Å². The number of benzene rings is 2. The van der Waals surface area contributed by atoms with Gasteiger partial charge in [0.05, 0.1) is 34.1 Å². The number of furan rings is 1. The van der Waals surface area contributed by atoms with Gasteiger partial charge in [-0.1, -0.05) is 15.9 Å². The third-order valence-electron chi connectivity index (χ3n) is 4.46. The van der Waals surface area contributed by atoms with Gasteiger partial charge in [0.15, 0.2) is 16.6 Å². The quantitative estimate of drug-likeness (QED) is 0.420. The topological polar surface area (TPSA) is 56.1 Å². The third-order valence-corrected chi connectivity index (χ3v) is 5.35. The van der Waals surface area contributed by atoms with Crippen molar-refractivity contribution in [3.8, 4) is 17.2 Å². The van der Waals surface area contributed by atoms with Crippen molar-refractivity contribution in [2.75, 3.05) is 26.6 Å². The Balaban J connectivity index is 1.88. The van der Waals surface area contributed by atoms with Crippen molar-refractivity contribution in [3.05, 3.63) is 70.6 Å². The molecule has 1 aromatic heterocycles. The largest absolute Gasteiger partial charge is 0.496 e. The highest BCUT2D eigenvalue weighted by Crippen LogP contribution is 2.35. The molecule has 1 heterocycles. The molecule has 0 aliphatic rings. The summed E-state index contributed by atoms with van der Waals surface area (Å²) in [6.07, 6.45) is 1.65. The molecule has 158 valence electrons. The lowest BCUT2D eigenvalue weighted by Crippen LogP contribution is -2.33. The van der Waals surface area contributed by atoms with Gasteiger partial charge in [-0.15, -0.1) is 0 Å². The second-order valence-corrected chi connectivity index (χ2v) is 7.69. The summed E-state index contributed by atoms with van der Waals surface area (Å²) in [5, 5.41) is 3.85. The zero-order valence-corrected chi connectivity index (χ0v) is 19.4. The first kappa shape index (κ1) is 22.0. The normalized spacial score (nSPS) is 10.4. The fourth-order valence-electron chi connectivity index (χ4n) is 2.95. The van der Waals surface area contributed by atoms with E-state index in [4.69, 9.17) is 30.8 Å². The van der Waals surface area contributed by atoms with Crippen molar-refractivity contribution < 1.29 is 18.6 Å². The Morgan fingerprint density at radius 1 is 0.967 bits per heavy atom. The molecule has 0 aliphatic heterocycles. The molecule has 0 amide bonds. The van der Waals surface area contributed by atoms with Gasteiger partial charge >= 0.3 is 0 Å². The van der Waals surface area contributed by atoms with Gasteiger partial charge in [-0.2, -0.15) is 0 Å². The monoisotopic (exact) mass is 490 g/mol. The minimum atomic E-state index is 0.479.